The van der Waals surface area contributed by atoms with Gasteiger partial charge in [0.25, 0.3) is 0 Å². The Morgan fingerprint density at radius 3 is 2.00 bits per heavy atom. The molecule has 0 aliphatic carbocycles. The van der Waals surface area contributed by atoms with Crippen LogP contribution in [-0.2, 0) is 16.0 Å². The average molecular weight is 357 g/mol. The first-order valence-corrected chi connectivity index (χ1v) is 8.69. The van der Waals surface area contributed by atoms with Crippen molar-refractivity contribution in [2.75, 3.05) is 5.32 Å². The standard InChI is InChI=1S/C17H18F3NO2S/c1-16(2,3)21-12-9-10-15(14(11-12)17(18,19)20)24(22,23)13-7-5-4-6-8-13/h4-11,21H,1-3H3. The highest BCUT2D eigenvalue weighted by Crippen LogP contribution is 2.38. The minimum Gasteiger partial charge on any atom is -0.380 e. The Bertz CT molecular complexity index is 823. The predicted molar refractivity (Wildman–Crippen MR) is 86.7 cm³/mol. The van der Waals surface area contributed by atoms with Crippen LogP contribution in [0.1, 0.15) is 26.3 Å². The Labute approximate surface area is 139 Å². The Balaban J connectivity index is 2.63. The van der Waals surface area contributed by atoms with Crippen LogP contribution in [0.3, 0.4) is 0 Å². The van der Waals surface area contributed by atoms with Crippen LogP contribution < -0.4 is 5.32 Å². The van der Waals surface area contributed by atoms with Gasteiger partial charge in [-0.05, 0) is 51.1 Å². The van der Waals surface area contributed by atoms with Crippen LogP contribution in [-0.4, -0.2) is 14.0 Å². The molecule has 0 aliphatic heterocycles. The first-order chi connectivity index (χ1) is 10.9. The van der Waals surface area contributed by atoms with Crippen molar-refractivity contribution in [2.45, 2.75) is 42.3 Å². The molecular formula is C17H18F3NO2S. The van der Waals surface area contributed by atoms with Crippen LogP contribution >= 0.6 is 0 Å². The lowest BCUT2D eigenvalue weighted by Crippen LogP contribution is -2.26. The molecule has 1 N–H and O–H groups in total. The minimum absolute atomic E-state index is 0.174. The molecule has 0 spiro atoms. The highest BCUT2D eigenvalue weighted by Gasteiger charge is 2.38. The lowest BCUT2D eigenvalue weighted by molar-refractivity contribution is -0.139. The molecule has 0 amide bonds. The Morgan fingerprint density at radius 2 is 1.50 bits per heavy atom. The molecule has 0 aliphatic rings. The highest BCUT2D eigenvalue weighted by atomic mass is 32.2. The second-order valence-electron chi connectivity index (χ2n) is 6.40. The molecule has 0 saturated carbocycles. The number of hydrogen-bond acceptors (Lipinski definition) is 3. The number of rotatable bonds is 3. The van der Waals surface area contributed by atoms with Gasteiger partial charge in [-0.25, -0.2) is 8.42 Å². The third kappa shape index (κ3) is 4.08. The summed E-state index contributed by atoms with van der Waals surface area (Å²) in [5.74, 6) is 0. The van der Waals surface area contributed by atoms with Crippen LogP contribution in [0.4, 0.5) is 18.9 Å². The number of benzene rings is 2. The Kier molecular flexibility index (Phi) is 4.68. The van der Waals surface area contributed by atoms with Gasteiger partial charge in [0.2, 0.25) is 9.84 Å². The number of nitrogens with one attached hydrogen (secondary N) is 1. The number of alkyl halides is 3. The fraction of sp³-hybridized carbons (Fsp3) is 0.294. The average Bonchev–Trinajstić information content (AvgIpc) is 2.45. The lowest BCUT2D eigenvalue weighted by Gasteiger charge is -2.23. The van der Waals surface area contributed by atoms with Crippen LogP contribution in [0.5, 0.6) is 0 Å². The second-order valence-corrected chi connectivity index (χ2v) is 8.32. The molecule has 3 nitrogen and oxygen atoms in total. The molecule has 0 heterocycles. The second kappa shape index (κ2) is 6.12. The topological polar surface area (TPSA) is 46.2 Å². The molecule has 7 heteroatoms. The quantitative estimate of drug-likeness (QED) is 0.862. The van der Waals surface area contributed by atoms with E-state index in [0.29, 0.717) is 0 Å². The summed E-state index contributed by atoms with van der Waals surface area (Å²) in [5, 5.41) is 2.92. The van der Waals surface area contributed by atoms with Crippen LogP contribution in [0.2, 0.25) is 0 Å². The summed E-state index contributed by atoms with van der Waals surface area (Å²) >= 11 is 0. The number of halogens is 3. The first-order valence-electron chi connectivity index (χ1n) is 7.21. The summed E-state index contributed by atoms with van der Waals surface area (Å²) in [7, 11) is -4.26. The van der Waals surface area contributed by atoms with E-state index in [1.807, 2.05) is 0 Å². The molecule has 130 valence electrons. The summed E-state index contributed by atoms with van der Waals surface area (Å²) in [6, 6.07) is 10.3. The van der Waals surface area contributed by atoms with Crippen molar-refractivity contribution < 1.29 is 21.6 Å². The first kappa shape index (κ1) is 18.3. The van der Waals surface area contributed by atoms with Gasteiger partial charge in [-0.3, -0.25) is 0 Å². The van der Waals surface area contributed by atoms with E-state index in [-0.39, 0.29) is 10.6 Å². The van der Waals surface area contributed by atoms with E-state index in [0.717, 1.165) is 12.1 Å². The normalized spacial score (nSPS) is 12.9. The van der Waals surface area contributed by atoms with E-state index < -0.39 is 32.0 Å². The summed E-state index contributed by atoms with van der Waals surface area (Å²) in [6.07, 6.45) is -4.78. The van der Waals surface area contributed by atoms with E-state index >= 15 is 0 Å². The zero-order valence-corrected chi connectivity index (χ0v) is 14.3. The molecule has 0 aromatic heterocycles. The predicted octanol–water partition coefficient (Wildman–Crippen LogP) is 4.75. The van der Waals surface area contributed by atoms with Crippen molar-refractivity contribution in [2.24, 2.45) is 0 Å². The molecule has 0 fully saturated rings. The largest absolute Gasteiger partial charge is 0.417 e. The van der Waals surface area contributed by atoms with E-state index in [9.17, 15) is 21.6 Å². The van der Waals surface area contributed by atoms with Crippen LogP contribution in [0.25, 0.3) is 0 Å². The van der Waals surface area contributed by atoms with Gasteiger partial charge in [0, 0.05) is 11.2 Å². The SMILES string of the molecule is CC(C)(C)Nc1ccc(S(=O)(=O)c2ccccc2)c(C(F)(F)F)c1. The van der Waals surface area contributed by atoms with Crippen molar-refractivity contribution in [1.29, 1.82) is 0 Å². The number of anilines is 1. The van der Waals surface area contributed by atoms with Crippen molar-refractivity contribution in [1.82, 2.24) is 0 Å². The number of sulfone groups is 1. The zero-order chi connectivity index (χ0) is 18.2. The van der Waals surface area contributed by atoms with Gasteiger partial charge in [0.1, 0.15) is 0 Å². The molecule has 24 heavy (non-hydrogen) atoms. The third-order valence-electron chi connectivity index (χ3n) is 3.15. The van der Waals surface area contributed by atoms with Crippen molar-refractivity contribution in [3.63, 3.8) is 0 Å². The van der Waals surface area contributed by atoms with Gasteiger partial charge in [0.15, 0.2) is 0 Å². The maximum absolute atomic E-state index is 13.4. The van der Waals surface area contributed by atoms with Crippen molar-refractivity contribution in [3.8, 4) is 0 Å². The van der Waals surface area contributed by atoms with Gasteiger partial charge in [-0.2, -0.15) is 13.2 Å². The number of hydrogen-bond donors (Lipinski definition) is 1. The van der Waals surface area contributed by atoms with Crippen LogP contribution in [0.15, 0.2) is 58.3 Å². The maximum atomic E-state index is 13.4. The Hall–Kier alpha value is -2.02. The highest BCUT2D eigenvalue weighted by molar-refractivity contribution is 7.91. The van der Waals surface area contributed by atoms with Crippen molar-refractivity contribution >= 4 is 15.5 Å². The monoisotopic (exact) mass is 357 g/mol. The molecule has 2 rings (SSSR count). The molecule has 0 unspecified atom stereocenters. The molecule has 0 bridgehead atoms. The fourth-order valence-corrected chi connectivity index (χ4v) is 3.70. The maximum Gasteiger partial charge on any atom is 0.417 e. The van der Waals surface area contributed by atoms with Crippen molar-refractivity contribution in [3.05, 3.63) is 54.1 Å². The summed E-state index contributed by atoms with van der Waals surface area (Å²) in [4.78, 5) is -0.923. The lowest BCUT2D eigenvalue weighted by atomic mass is 10.1. The van der Waals surface area contributed by atoms with Gasteiger partial charge in [0.05, 0.1) is 15.4 Å². The van der Waals surface area contributed by atoms with Gasteiger partial charge >= 0.3 is 6.18 Å². The molecular weight excluding hydrogens is 339 g/mol. The van der Waals surface area contributed by atoms with Gasteiger partial charge < -0.3 is 5.32 Å². The minimum atomic E-state index is -4.78. The van der Waals surface area contributed by atoms with E-state index in [1.54, 1.807) is 26.8 Å². The van der Waals surface area contributed by atoms with Gasteiger partial charge in [-0.15, -0.1) is 0 Å². The molecule has 2 aromatic rings. The fourth-order valence-electron chi connectivity index (χ4n) is 2.22. The summed E-state index contributed by atoms with van der Waals surface area (Å²) in [6.45, 7) is 5.40. The Morgan fingerprint density at radius 1 is 0.917 bits per heavy atom. The molecule has 2 aromatic carbocycles. The van der Waals surface area contributed by atoms with Crippen LogP contribution in [0, 0.1) is 0 Å². The zero-order valence-electron chi connectivity index (χ0n) is 13.5. The van der Waals surface area contributed by atoms with Gasteiger partial charge in [-0.1, -0.05) is 18.2 Å². The van der Waals surface area contributed by atoms with E-state index in [1.165, 1.54) is 30.3 Å². The smallest absolute Gasteiger partial charge is 0.380 e. The molecule has 0 radical (unpaired) electrons. The summed E-state index contributed by atoms with van der Waals surface area (Å²) in [5.41, 5.74) is -1.43. The van der Waals surface area contributed by atoms with E-state index in [2.05, 4.69) is 5.32 Å². The summed E-state index contributed by atoms with van der Waals surface area (Å²) < 4.78 is 65.4. The molecule has 0 atom stereocenters. The third-order valence-corrected chi connectivity index (χ3v) is 4.98. The molecule has 0 saturated heterocycles. The van der Waals surface area contributed by atoms with E-state index in [4.69, 9.17) is 0 Å².